The summed E-state index contributed by atoms with van der Waals surface area (Å²) in [7, 11) is -4.27. The molecule has 0 unspecified atom stereocenters. The number of carbonyl (C=O) groups is 1. The van der Waals surface area contributed by atoms with E-state index in [-0.39, 0.29) is 22.0 Å². The minimum atomic E-state index is -4.27. The lowest BCUT2D eigenvalue weighted by Crippen LogP contribution is -2.08. The summed E-state index contributed by atoms with van der Waals surface area (Å²) in [6, 6.07) is 10.2. The summed E-state index contributed by atoms with van der Waals surface area (Å²) >= 11 is 0. The maximum absolute atomic E-state index is 11.7. The first kappa shape index (κ1) is 14.0. The standard InChI is InChI=1S/C13H10O6S/c14-10-3-1-9(2-4-10)13(15)19-11-5-7-12(8-6-11)20(16,17)18/h1-8,14H,(H,16,17,18). The number of carbonyl (C=O) groups excluding carboxylic acids is 1. The van der Waals surface area contributed by atoms with Gasteiger partial charge >= 0.3 is 5.97 Å². The molecule has 2 N–H and O–H groups in total. The molecule has 0 amide bonds. The molecular formula is C13H10O6S. The van der Waals surface area contributed by atoms with E-state index in [2.05, 4.69) is 0 Å². The highest BCUT2D eigenvalue weighted by Crippen LogP contribution is 2.18. The summed E-state index contributed by atoms with van der Waals surface area (Å²) in [6.07, 6.45) is 0. The van der Waals surface area contributed by atoms with E-state index in [1.54, 1.807) is 0 Å². The summed E-state index contributed by atoms with van der Waals surface area (Å²) in [5, 5.41) is 9.10. The first-order chi connectivity index (χ1) is 9.36. The molecule has 0 fully saturated rings. The largest absolute Gasteiger partial charge is 0.508 e. The number of phenols is 1. The molecule has 2 aromatic rings. The molecule has 0 aliphatic carbocycles. The molecule has 0 spiro atoms. The van der Waals surface area contributed by atoms with Gasteiger partial charge in [-0.05, 0) is 48.5 Å². The Kier molecular flexibility index (Phi) is 3.73. The predicted molar refractivity (Wildman–Crippen MR) is 69.3 cm³/mol. The first-order valence-corrected chi connectivity index (χ1v) is 6.89. The van der Waals surface area contributed by atoms with Gasteiger partial charge in [0.2, 0.25) is 0 Å². The molecule has 0 heterocycles. The Labute approximate surface area is 115 Å². The molecule has 0 atom stereocenters. The summed E-state index contributed by atoms with van der Waals surface area (Å²) in [4.78, 5) is 11.4. The van der Waals surface area contributed by atoms with Gasteiger partial charge in [0, 0.05) is 0 Å². The zero-order chi connectivity index (χ0) is 14.8. The second-order valence-corrected chi connectivity index (χ2v) is 5.30. The van der Waals surface area contributed by atoms with Crippen LogP contribution in [0.3, 0.4) is 0 Å². The van der Waals surface area contributed by atoms with Crippen molar-refractivity contribution in [2.24, 2.45) is 0 Å². The first-order valence-electron chi connectivity index (χ1n) is 5.45. The van der Waals surface area contributed by atoms with Crippen molar-refractivity contribution in [3.8, 4) is 11.5 Å². The molecule has 2 aromatic carbocycles. The van der Waals surface area contributed by atoms with Crippen LogP contribution in [-0.4, -0.2) is 24.0 Å². The lowest BCUT2D eigenvalue weighted by molar-refractivity contribution is 0.0734. The average molecular weight is 294 g/mol. The van der Waals surface area contributed by atoms with Gasteiger partial charge in [-0.2, -0.15) is 8.42 Å². The molecule has 104 valence electrons. The van der Waals surface area contributed by atoms with E-state index in [1.165, 1.54) is 36.4 Å². The van der Waals surface area contributed by atoms with Crippen LogP contribution in [0.25, 0.3) is 0 Å². The fourth-order valence-corrected chi connectivity index (χ4v) is 1.92. The number of esters is 1. The van der Waals surface area contributed by atoms with Gasteiger partial charge in [-0.15, -0.1) is 0 Å². The van der Waals surface area contributed by atoms with Crippen molar-refractivity contribution < 1.29 is 27.6 Å². The van der Waals surface area contributed by atoms with Crippen LogP contribution in [0, 0.1) is 0 Å². The zero-order valence-electron chi connectivity index (χ0n) is 10.1. The maximum Gasteiger partial charge on any atom is 0.343 e. The van der Waals surface area contributed by atoms with E-state index < -0.39 is 16.1 Å². The molecule has 0 aliphatic heterocycles. The Morgan fingerprint density at radius 2 is 1.50 bits per heavy atom. The average Bonchev–Trinajstić information content (AvgIpc) is 2.39. The summed E-state index contributed by atoms with van der Waals surface area (Å²) in [5.41, 5.74) is 0.238. The van der Waals surface area contributed by atoms with Crippen molar-refractivity contribution in [3.63, 3.8) is 0 Å². The lowest BCUT2D eigenvalue weighted by Gasteiger charge is -2.05. The molecule has 0 aromatic heterocycles. The third-order valence-electron chi connectivity index (χ3n) is 2.44. The van der Waals surface area contributed by atoms with Gasteiger partial charge in [0.1, 0.15) is 11.5 Å². The van der Waals surface area contributed by atoms with Gasteiger partial charge < -0.3 is 9.84 Å². The van der Waals surface area contributed by atoms with Gasteiger partial charge in [-0.3, -0.25) is 4.55 Å². The highest BCUT2D eigenvalue weighted by atomic mass is 32.2. The van der Waals surface area contributed by atoms with Crippen LogP contribution in [0.2, 0.25) is 0 Å². The Balaban J connectivity index is 2.14. The second-order valence-electron chi connectivity index (χ2n) is 3.88. The Morgan fingerprint density at radius 3 is 2.00 bits per heavy atom. The Morgan fingerprint density at radius 1 is 0.950 bits per heavy atom. The molecule has 6 nitrogen and oxygen atoms in total. The zero-order valence-corrected chi connectivity index (χ0v) is 10.9. The van der Waals surface area contributed by atoms with E-state index in [4.69, 9.17) is 14.4 Å². The number of hydrogen-bond acceptors (Lipinski definition) is 5. The molecule has 0 bridgehead atoms. The number of hydrogen-bond donors (Lipinski definition) is 2. The molecular weight excluding hydrogens is 284 g/mol. The molecule has 2 rings (SSSR count). The van der Waals surface area contributed by atoms with Crippen LogP contribution in [-0.2, 0) is 10.1 Å². The van der Waals surface area contributed by atoms with Crippen molar-refractivity contribution >= 4 is 16.1 Å². The van der Waals surface area contributed by atoms with Crippen LogP contribution in [0.5, 0.6) is 11.5 Å². The van der Waals surface area contributed by atoms with E-state index in [0.717, 1.165) is 12.1 Å². The summed E-state index contributed by atoms with van der Waals surface area (Å²) < 4.78 is 35.5. The topological polar surface area (TPSA) is 101 Å². The number of phenolic OH excluding ortho intramolecular Hbond substituents is 1. The van der Waals surface area contributed by atoms with Crippen LogP contribution in [0.4, 0.5) is 0 Å². The van der Waals surface area contributed by atoms with Crippen LogP contribution < -0.4 is 4.74 Å². The predicted octanol–water partition coefficient (Wildman–Crippen LogP) is 1.86. The minimum absolute atomic E-state index is 0.0269. The van der Waals surface area contributed by atoms with Crippen molar-refractivity contribution in [3.05, 3.63) is 54.1 Å². The number of aromatic hydroxyl groups is 1. The Bertz CT molecular complexity index is 716. The maximum atomic E-state index is 11.7. The highest BCUT2D eigenvalue weighted by Gasteiger charge is 2.11. The molecule has 7 heteroatoms. The molecule has 0 saturated carbocycles. The monoisotopic (exact) mass is 294 g/mol. The Hall–Kier alpha value is -2.38. The lowest BCUT2D eigenvalue weighted by atomic mass is 10.2. The third-order valence-corrected chi connectivity index (χ3v) is 3.30. The van der Waals surface area contributed by atoms with Crippen molar-refractivity contribution in [1.29, 1.82) is 0 Å². The normalized spacial score (nSPS) is 11.1. The molecule has 0 saturated heterocycles. The van der Waals surface area contributed by atoms with E-state index in [9.17, 15) is 13.2 Å². The molecule has 20 heavy (non-hydrogen) atoms. The van der Waals surface area contributed by atoms with E-state index >= 15 is 0 Å². The molecule has 0 radical (unpaired) electrons. The van der Waals surface area contributed by atoms with Crippen LogP contribution in [0.15, 0.2) is 53.4 Å². The minimum Gasteiger partial charge on any atom is -0.508 e. The van der Waals surface area contributed by atoms with E-state index in [1.807, 2.05) is 0 Å². The fraction of sp³-hybridized carbons (Fsp3) is 0. The summed E-state index contributed by atoms with van der Waals surface area (Å²) in [5.74, 6) is -0.487. The molecule has 0 aliphatic rings. The van der Waals surface area contributed by atoms with Crippen molar-refractivity contribution in [2.75, 3.05) is 0 Å². The van der Waals surface area contributed by atoms with Gasteiger partial charge in [-0.25, -0.2) is 4.79 Å². The van der Waals surface area contributed by atoms with E-state index in [0.29, 0.717) is 0 Å². The van der Waals surface area contributed by atoms with Gasteiger partial charge in [0.05, 0.1) is 10.5 Å². The fourth-order valence-electron chi connectivity index (χ4n) is 1.44. The van der Waals surface area contributed by atoms with Gasteiger partial charge in [0.25, 0.3) is 10.1 Å². The number of rotatable bonds is 3. The van der Waals surface area contributed by atoms with Crippen LogP contribution in [0.1, 0.15) is 10.4 Å². The number of ether oxygens (including phenoxy) is 1. The quantitative estimate of drug-likeness (QED) is 0.509. The SMILES string of the molecule is O=C(Oc1ccc(S(=O)(=O)O)cc1)c1ccc(O)cc1. The van der Waals surface area contributed by atoms with Crippen molar-refractivity contribution in [2.45, 2.75) is 4.90 Å². The van der Waals surface area contributed by atoms with Crippen LogP contribution >= 0.6 is 0 Å². The summed E-state index contributed by atoms with van der Waals surface area (Å²) in [6.45, 7) is 0. The third kappa shape index (κ3) is 3.34. The van der Waals surface area contributed by atoms with Gasteiger partial charge in [0.15, 0.2) is 0 Å². The van der Waals surface area contributed by atoms with Gasteiger partial charge in [-0.1, -0.05) is 0 Å². The highest BCUT2D eigenvalue weighted by molar-refractivity contribution is 7.85. The smallest absolute Gasteiger partial charge is 0.343 e. The number of benzene rings is 2. The second kappa shape index (κ2) is 5.32. The van der Waals surface area contributed by atoms with Crippen molar-refractivity contribution in [1.82, 2.24) is 0 Å².